The van der Waals surface area contributed by atoms with Gasteiger partial charge in [-0.3, -0.25) is 4.79 Å². The highest BCUT2D eigenvalue weighted by Crippen LogP contribution is 2.45. The second-order valence-corrected chi connectivity index (χ2v) is 7.42. The van der Waals surface area contributed by atoms with Crippen molar-refractivity contribution in [2.45, 2.75) is 72.3 Å². The maximum absolute atomic E-state index is 13.1. The topological polar surface area (TPSA) is 46.3 Å². The van der Waals surface area contributed by atoms with Crippen molar-refractivity contribution in [3.63, 3.8) is 0 Å². The predicted octanol–water partition coefficient (Wildman–Crippen LogP) is 3.51. The molecule has 0 radical (unpaired) electrons. The van der Waals surface area contributed by atoms with E-state index in [9.17, 15) is 4.79 Å². The van der Waals surface area contributed by atoms with Gasteiger partial charge in [-0.05, 0) is 39.0 Å². The summed E-state index contributed by atoms with van der Waals surface area (Å²) in [7, 11) is 0. The maximum Gasteiger partial charge on any atom is 0.229 e. The molecule has 0 heterocycles. The van der Waals surface area contributed by atoms with Gasteiger partial charge in [0.05, 0.1) is 4.99 Å². The van der Waals surface area contributed by atoms with Crippen molar-refractivity contribution in [2.75, 3.05) is 6.54 Å². The van der Waals surface area contributed by atoms with Crippen molar-refractivity contribution in [2.24, 2.45) is 17.1 Å². The molecule has 1 amide bonds. The highest BCUT2D eigenvalue weighted by molar-refractivity contribution is 7.80. The monoisotopic (exact) mass is 298 g/mol. The molecule has 0 aromatic carbocycles. The third-order valence-electron chi connectivity index (χ3n) is 4.30. The molecule has 0 aliphatic heterocycles. The maximum atomic E-state index is 13.1. The Morgan fingerprint density at radius 3 is 2.20 bits per heavy atom. The van der Waals surface area contributed by atoms with E-state index in [4.69, 9.17) is 18.0 Å². The zero-order valence-electron chi connectivity index (χ0n) is 13.4. The smallest absolute Gasteiger partial charge is 0.229 e. The summed E-state index contributed by atoms with van der Waals surface area (Å²) in [4.78, 5) is 15.6. The number of thiocarbonyl (C=S) groups is 1. The van der Waals surface area contributed by atoms with Crippen molar-refractivity contribution in [3.8, 4) is 0 Å². The molecule has 0 unspecified atom stereocenters. The number of carbonyl (C=O) groups is 1. The van der Waals surface area contributed by atoms with Crippen LogP contribution in [0.1, 0.15) is 66.2 Å². The number of rotatable bonds is 7. The number of nitrogens with zero attached hydrogens (tertiary/aromatic N) is 1. The highest BCUT2D eigenvalue weighted by atomic mass is 32.1. The first kappa shape index (κ1) is 17.4. The fraction of sp³-hybridized carbons (Fsp3) is 0.875. The van der Waals surface area contributed by atoms with Crippen LogP contribution in [-0.4, -0.2) is 28.4 Å². The molecule has 116 valence electrons. The van der Waals surface area contributed by atoms with Crippen LogP contribution in [0.25, 0.3) is 0 Å². The number of amides is 1. The van der Waals surface area contributed by atoms with Crippen LogP contribution >= 0.6 is 12.2 Å². The summed E-state index contributed by atoms with van der Waals surface area (Å²) < 4.78 is 0. The number of hydrogen-bond donors (Lipinski definition) is 1. The van der Waals surface area contributed by atoms with E-state index in [-0.39, 0.29) is 11.5 Å². The van der Waals surface area contributed by atoms with Gasteiger partial charge in [0, 0.05) is 24.4 Å². The van der Waals surface area contributed by atoms with Crippen molar-refractivity contribution in [1.29, 1.82) is 0 Å². The molecule has 2 N–H and O–H groups in total. The second-order valence-electron chi connectivity index (χ2n) is 6.89. The van der Waals surface area contributed by atoms with Crippen LogP contribution in [0.4, 0.5) is 0 Å². The number of nitrogens with two attached hydrogens (primary N) is 1. The van der Waals surface area contributed by atoms with Crippen LogP contribution in [0.2, 0.25) is 0 Å². The quantitative estimate of drug-likeness (QED) is 0.732. The van der Waals surface area contributed by atoms with Crippen LogP contribution in [-0.2, 0) is 4.79 Å². The van der Waals surface area contributed by atoms with Crippen LogP contribution in [0.5, 0.6) is 0 Å². The van der Waals surface area contributed by atoms with Crippen LogP contribution in [0.3, 0.4) is 0 Å². The zero-order valence-corrected chi connectivity index (χ0v) is 14.3. The molecule has 0 atom stereocenters. The average Bonchev–Trinajstić information content (AvgIpc) is 2.76. The molecule has 0 aromatic rings. The molecule has 1 aliphatic carbocycles. The molecular weight excluding hydrogens is 268 g/mol. The summed E-state index contributed by atoms with van der Waals surface area (Å²) >= 11 is 4.96. The molecule has 1 fully saturated rings. The molecule has 0 bridgehead atoms. The normalized spacial score (nSPS) is 17.7. The van der Waals surface area contributed by atoms with Crippen LogP contribution in [0.15, 0.2) is 0 Å². The fourth-order valence-electron chi connectivity index (χ4n) is 3.47. The average molecular weight is 298 g/mol. The lowest BCUT2D eigenvalue weighted by molar-refractivity contribution is -0.144. The minimum Gasteiger partial charge on any atom is -0.393 e. The van der Waals surface area contributed by atoms with E-state index in [1.54, 1.807) is 0 Å². The van der Waals surface area contributed by atoms with Crippen molar-refractivity contribution in [3.05, 3.63) is 0 Å². The van der Waals surface area contributed by atoms with Gasteiger partial charge in [0.1, 0.15) is 0 Å². The lowest BCUT2D eigenvalue weighted by Crippen LogP contribution is -2.47. The first-order valence-electron chi connectivity index (χ1n) is 7.88. The second kappa shape index (κ2) is 7.39. The Morgan fingerprint density at radius 1 is 1.25 bits per heavy atom. The number of carbonyl (C=O) groups excluding carboxylic acids is 1. The van der Waals surface area contributed by atoms with Gasteiger partial charge in [0.15, 0.2) is 0 Å². The molecule has 20 heavy (non-hydrogen) atoms. The van der Waals surface area contributed by atoms with Gasteiger partial charge in [-0.2, -0.15) is 0 Å². The first-order chi connectivity index (χ1) is 9.28. The largest absolute Gasteiger partial charge is 0.393 e. The van der Waals surface area contributed by atoms with Gasteiger partial charge in [-0.25, -0.2) is 0 Å². The van der Waals surface area contributed by atoms with E-state index < -0.39 is 0 Å². The molecule has 1 saturated carbocycles. The summed E-state index contributed by atoms with van der Waals surface area (Å²) in [6, 6.07) is 0.210. The molecule has 0 aromatic heterocycles. The Balaban J connectivity index is 2.86. The summed E-state index contributed by atoms with van der Waals surface area (Å²) in [6.45, 7) is 9.24. The zero-order chi connectivity index (χ0) is 15.3. The Bertz CT molecular complexity index is 346. The lowest BCUT2D eigenvalue weighted by Gasteiger charge is -2.37. The Morgan fingerprint density at radius 2 is 1.80 bits per heavy atom. The van der Waals surface area contributed by atoms with Gasteiger partial charge in [-0.15, -0.1) is 0 Å². The summed E-state index contributed by atoms with van der Waals surface area (Å²) in [5, 5.41) is 0. The minimum atomic E-state index is -0.130. The van der Waals surface area contributed by atoms with Crippen molar-refractivity contribution in [1.82, 2.24) is 4.90 Å². The van der Waals surface area contributed by atoms with E-state index in [0.29, 0.717) is 29.8 Å². The molecule has 1 rings (SSSR count). The van der Waals surface area contributed by atoms with Gasteiger partial charge >= 0.3 is 0 Å². The minimum absolute atomic E-state index is 0.130. The van der Waals surface area contributed by atoms with Gasteiger partial charge < -0.3 is 10.6 Å². The standard InChI is InChI=1S/C16H30N2OS/c1-12(2)11-16(8-5-6-9-16)15(19)18(13(3)4)10-7-14(17)20/h12-13H,5-11H2,1-4H3,(H2,17,20). The van der Waals surface area contributed by atoms with E-state index >= 15 is 0 Å². The van der Waals surface area contributed by atoms with Crippen LogP contribution in [0, 0.1) is 11.3 Å². The molecule has 1 aliphatic rings. The third kappa shape index (κ3) is 4.44. The molecule has 4 heteroatoms. The van der Waals surface area contributed by atoms with E-state index in [1.165, 1.54) is 12.8 Å². The SMILES string of the molecule is CC(C)CC1(C(=O)N(CCC(N)=S)C(C)C)CCCC1. The fourth-order valence-corrected chi connectivity index (χ4v) is 3.56. The molecular formula is C16H30N2OS. The third-order valence-corrected chi connectivity index (χ3v) is 4.50. The van der Waals surface area contributed by atoms with E-state index in [0.717, 1.165) is 19.3 Å². The molecule has 0 spiro atoms. The first-order valence-corrected chi connectivity index (χ1v) is 8.29. The van der Waals surface area contributed by atoms with Gasteiger partial charge in [-0.1, -0.05) is 38.9 Å². The summed E-state index contributed by atoms with van der Waals surface area (Å²) in [5.74, 6) is 0.886. The Hall–Kier alpha value is -0.640. The summed E-state index contributed by atoms with van der Waals surface area (Å²) in [6.07, 6.45) is 6.07. The number of hydrogen-bond acceptors (Lipinski definition) is 2. The predicted molar refractivity (Wildman–Crippen MR) is 88.6 cm³/mol. The lowest BCUT2D eigenvalue weighted by atomic mass is 9.77. The summed E-state index contributed by atoms with van der Waals surface area (Å²) in [5.41, 5.74) is 5.47. The Labute approximate surface area is 129 Å². The van der Waals surface area contributed by atoms with Gasteiger partial charge in [0.25, 0.3) is 0 Å². The van der Waals surface area contributed by atoms with Crippen molar-refractivity contribution >= 4 is 23.1 Å². The molecule has 3 nitrogen and oxygen atoms in total. The van der Waals surface area contributed by atoms with Crippen molar-refractivity contribution < 1.29 is 4.79 Å². The van der Waals surface area contributed by atoms with E-state index in [2.05, 4.69) is 27.7 Å². The van der Waals surface area contributed by atoms with E-state index in [1.807, 2.05) is 4.90 Å². The molecule has 0 saturated heterocycles. The van der Waals surface area contributed by atoms with Gasteiger partial charge in [0.2, 0.25) is 5.91 Å². The Kier molecular flexibility index (Phi) is 6.44. The van der Waals surface area contributed by atoms with Crippen LogP contribution < -0.4 is 5.73 Å². The highest BCUT2D eigenvalue weighted by Gasteiger charge is 2.43.